The molecule has 4 bridgehead atoms. The van der Waals surface area contributed by atoms with Crippen LogP contribution in [-0.2, 0) is 32.0 Å². The molecule has 0 N–H and O–H groups in total. The molecule has 3 atom stereocenters. The van der Waals surface area contributed by atoms with E-state index in [2.05, 4.69) is 21.8 Å². The van der Waals surface area contributed by atoms with Gasteiger partial charge in [0.15, 0.2) is 11.6 Å². The van der Waals surface area contributed by atoms with E-state index in [1.807, 2.05) is 50.2 Å². The van der Waals surface area contributed by atoms with E-state index in [-0.39, 0.29) is 37.4 Å². The maximum atomic E-state index is 14.6. The predicted octanol–water partition coefficient (Wildman–Crippen LogP) is 10.6. The first-order valence-corrected chi connectivity index (χ1v) is 26.8. The van der Waals surface area contributed by atoms with E-state index in [0.717, 1.165) is 36.6 Å². The Morgan fingerprint density at radius 3 is 2.39 bits per heavy atom. The number of likely N-dealkylation sites (N-methyl/N-ethyl adjacent to an activating group) is 1. The Morgan fingerprint density at radius 2 is 1.64 bits per heavy atom. The van der Waals surface area contributed by atoms with Crippen LogP contribution in [0.25, 0.3) is 43.2 Å². The molecule has 4 aromatic carbocycles. The molecule has 0 unspecified atom stereocenters. The molecule has 0 amide bonds. The van der Waals surface area contributed by atoms with Crippen LogP contribution in [0.4, 0.5) is 4.39 Å². The summed E-state index contributed by atoms with van der Waals surface area (Å²) in [4.78, 5) is 39.5. The van der Waals surface area contributed by atoms with Crippen molar-refractivity contribution in [2.24, 2.45) is 0 Å². The molecule has 0 spiro atoms. The van der Waals surface area contributed by atoms with Crippen LogP contribution in [0.3, 0.4) is 0 Å². The van der Waals surface area contributed by atoms with Gasteiger partial charge in [0.25, 0.3) is 0 Å². The number of aromatic nitrogens is 4. The van der Waals surface area contributed by atoms with Gasteiger partial charge in [0.1, 0.15) is 71.9 Å². The number of carbonyl (C=O) groups is 1. The van der Waals surface area contributed by atoms with Crippen LogP contribution in [-0.4, -0.2) is 132 Å². The summed E-state index contributed by atoms with van der Waals surface area (Å²) in [5, 5.41) is 1.13. The average molecular weight is 1090 g/mol. The minimum atomic E-state index is -1.28. The molecular weight excluding hydrogens is 1030 g/mol. The Hall–Kier alpha value is -6.18. The summed E-state index contributed by atoms with van der Waals surface area (Å²) in [6.45, 7) is 15.3. The molecule has 3 aromatic heterocycles. The third-order valence-electron chi connectivity index (χ3n) is 13.3. The summed E-state index contributed by atoms with van der Waals surface area (Å²) in [6.07, 6.45) is 1.07. The van der Waals surface area contributed by atoms with Crippen molar-refractivity contribution in [1.29, 1.82) is 0 Å². The lowest BCUT2D eigenvalue weighted by atomic mass is 9.92. The van der Waals surface area contributed by atoms with Crippen molar-refractivity contribution in [3.63, 3.8) is 0 Å². The molecule has 0 aliphatic carbocycles. The smallest absolute Gasteiger partial charge is 0.348 e. The van der Waals surface area contributed by atoms with Crippen LogP contribution in [0.5, 0.6) is 28.9 Å². The predicted molar refractivity (Wildman–Crippen MR) is 290 cm³/mol. The summed E-state index contributed by atoms with van der Waals surface area (Å²) in [5.41, 5.74) is 4.44. The molecule has 2 fully saturated rings. The van der Waals surface area contributed by atoms with Crippen molar-refractivity contribution in [3.8, 4) is 61.8 Å². The number of carbonyl (C=O) groups excluding carboxylic acids is 1. The number of hydrogen-bond acceptors (Lipinski definition) is 16. The molecule has 19 heteroatoms. The Bertz CT molecular complexity index is 3190. The maximum absolute atomic E-state index is 14.6. The first-order chi connectivity index (χ1) is 36.6. The average Bonchev–Trinajstić information content (AvgIpc) is 3.87. The number of esters is 1. The van der Waals surface area contributed by atoms with Gasteiger partial charge in [-0.2, -0.15) is 0 Å². The minimum absolute atomic E-state index is 0.0394. The summed E-state index contributed by atoms with van der Waals surface area (Å²) >= 11 is 16.2. The van der Waals surface area contributed by atoms with Gasteiger partial charge in [0.05, 0.1) is 40.9 Å². The molecule has 11 rings (SSSR count). The highest BCUT2D eigenvalue weighted by atomic mass is 35.5. The van der Waals surface area contributed by atoms with Crippen LogP contribution in [0.15, 0.2) is 85.3 Å². The minimum Gasteiger partial charge on any atom is -0.491 e. The first kappa shape index (κ1) is 53.2. The molecular formula is C57H59Cl2FN6O9S. The van der Waals surface area contributed by atoms with Gasteiger partial charge in [0, 0.05) is 66.9 Å². The normalized spacial score (nSPS) is 18.6. The molecule has 4 aliphatic rings. The van der Waals surface area contributed by atoms with Gasteiger partial charge < -0.3 is 42.8 Å². The third kappa shape index (κ3) is 12.3. The van der Waals surface area contributed by atoms with Gasteiger partial charge in [-0.25, -0.2) is 29.1 Å². The molecule has 398 valence electrons. The quantitative estimate of drug-likeness (QED) is 0.113. The molecule has 4 aliphatic heterocycles. The summed E-state index contributed by atoms with van der Waals surface area (Å²) in [7, 11) is 2.11. The largest absolute Gasteiger partial charge is 0.491 e. The number of hydrogen-bond donors (Lipinski definition) is 0. The lowest BCUT2D eigenvalue weighted by molar-refractivity contribution is -0.163. The van der Waals surface area contributed by atoms with Crippen molar-refractivity contribution in [1.82, 2.24) is 29.7 Å². The fraction of sp³-hybridized carbons (Fsp3) is 0.386. The van der Waals surface area contributed by atoms with Crippen molar-refractivity contribution in [3.05, 3.63) is 124 Å². The number of benzene rings is 4. The molecule has 7 heterocycles. The zero-order valence-corrected chi connectivity index (χ0v) is 45.5. The fourth-order valence-corrected chi connectivity index (χ4v) is 11.0. The van der Waals surface area contributed by atoms with Crippen molar-refractivity contribution < 1.29 is 47.1 Å². The SMILES string of the molecule is Cc1c(Cl)c2c(Cl)c(C)c1-c1c(-c3ccc(F)cc3)sc3ncnc(c13)O[C@@H](C(=O)OC(C)(C)C)Cc1cc(ccc1OCc1ccnc(-c3cccc(OC[C@H]4COCCO4)c3)n1)OC[C@@H](CN1CCN(C)CC1)O2. The third-order valence-corrected chi connectivity index (χ3v) is 15.3. The first-order valence-electron chi connectivity index (χ1n) is 25.3. The second-order valence-electron chi connectivity index (χ2n) is 20.1. The standard InChI is InChI=1S/C57H59Cl2FN6O9S/c1-33-46-34(2)50(59)51(49(33)58)73-42(27-66-20-18-65(6)19-21-66)30-70-41-14-15-44(72-28-39-16-17-61-53(64-39)36-8-7-9-40(24-36)71-31-43-29-68-22-23-69-43)37(25-41)26-45(56(67)75-57(3,4)5)74-54-48-47(46)52(76-55(48)63-32-62-54)35-10-12-38(60)13-11-35/h7-17,24-25,32,42-43,45H,18-23,26-31H2,1-6H3/t42-,43-,45-/m1/s1. The van der Waals surface area contributed by atoms with E-state index in [0.29, 0.717) is 121 Å². The summed E-state index contributed by atoms with van der Waals surface area (Å²) in [5.74, 6) is 1.48. The second-order valence-corrected chi connectivity index (χ2v) is 21.8. The maximum Gasteiger partial charge on any atom is 0.348 e. The zero-order valence-electron chi connectivity index (χ0n) is 43.2. The number of ether oxygens (including phenoxy) is 8. The topological polar surface area (TPSA) is 149 Å². The molecule has 0 saturated carbocycles. The number of nitrogens with zero attached hydrogens (tertiary/aromatic N) is 6. The van der Waals surface area contributed by atoms with Crippen LogP contribution in [0.2, 0.25) is 10.0 Å². The highest BCUT2D eigenvalue weighted by molar-refractivity contribution is 7.22. The van der Waals surface area contributed by atoms with Crippen molar-refractivity contribution in [2.75, 3.05) is 72.8 Å². The molecule has 0 radical (unpaired) electrons. The Morgan fingerprint density at radius 1 is 0.855 bits per heavy atom. The molecule has 7 aromatic rings. The lowest BCUT2D eigenvalue weighted by Gasteiger charge is -2.35. The van der Waals surface area contributed by atoms with Gasteiger partial charge in [-0.05, 0) is 112 Å². The van der Waals surface area contributed by atoms with E-state index >= 15 is 0 Å². The van der Waals surface area contributed by atoms with Gasteiger partial charge in [0.2, 0.25) is 12.0 Å². The van der Waals surface area contributed by atoms with Gasteiger partial charge in [-0.15, -0.1) is 11.3 Å². The van der Waals surface area contributed by atoms with Crippen molar-refractivity contribution in [2.45, 2.75) is 71.6 Å². The second kappa shape index (κ2) is 23.2. The Balaban J connectivity index is 1.05. The van der Waals surface area contributed by atoms with Crippen LogP contribution in [0, 0.1) is 19.7 Å². The van der Waals surface area contributed by atoms with E-state index in [4.69, 9.17) is 76.0 Å². The van der Waals surface area contributed by atoms with E-state index in [1.54, 1.807) is 51.2 Å². The van der Waals surface area contributed by atoms with Gasteiger partial charge in [-0.3, -0.25) is 4.90 Å². The number of piperazine rings is 1. The highest BCUT2D eigenvalue weighted by Crippen LogP contribution is 2.53. The number of rotatable bonds is 11. The lowest BCUT2D eigenvalue weighted by Crippen LogP contribution is -2.49. The van der Waals surface area contributed by atoms with E-state index in [1.165, 1.54) is 29.8 Å². The van der Waals surface area contributed by atoms with Gasteiger partial charge in [-0.1, -0.05) is 47.5 Å². The summed E-state index contributed by atoms with van der Waals surface area (Å²) < 4.78 is 65.1. The number of fused-ring (bicyclic) bond motifs is 7. The van der Waals surface area contributed by atoms with Gasteiger partial charge >= 0.3 is 5.97 Å². The summed E-state index contributed by atoms with van der Waals surface area (Å²) in [6, 6.07) is 21.0. The monoisotopic (exact) mass is 1090 g/mol. The molecule has 15 nitrogen and oxygen atoms in total. The zero-order chi connectivity index (χ0) is 53.1. The Labute approximate surface area is 455 Å². The number of thiophene rings is 1. The highest BCUT2D eigenvalue weighted by Gasteiger charge is 2.34. The fourth-order valence-electron chi connectivity index (χ4n) is 9.39. The Kier molecular flexibility index (Phi) is 16.2. The van der Waals surface area contributed by atoms with E-state index in [9.17, 15) is 9.18 Å². The van der Waals surface area contributed by atoms with E-state index < -0.39 is 23.8 Å². The van der Waals surface area contributed by atoms with Crippen LogP contribution >= 0.6 is 34.5 Å². The molecule has 2 saturated heterocycles. The van der Waals surface area contributed by atoms with Crippen LogP contribution in [0.1, 0.15) is 43.2 Å². The number of halogens is 3. The van der Waals surface area contributed by atoms with Crippen molar-refractivity contribution >= 4 is 50.7 Å². The molecule has 76 heavy (non-hydrogen) atoms. The van der Waals surface area contributed by atoms with Crippen LogP contribution < -0.4 is 23.7 Å².